The molecule has 150 valence electrons. The molecule has 4 rings (SSSR count). The number of hydrogen-bond donors (Lipinski definition) is 0. The van der Waals surface area contributed by atoms with Gasteiger partial charge in [-0.15, -0.1) is 0 Å². The van der Waals surface area contributed by atoms with Crippen molar-refractivity contribution >= 4 is 17.4 Å². The molecule has 0 N–H and O–H groups in total. The van der Waals surface area contributed by atoms with Crippen LogP contribution in [-0.4, -0.2) is 11.7 Å². The highest BCUT2D eigenvalue weighted by Crippen LogP contribution is 2.44. The Bertz CT molecular complexity index is 1010. The van der Waals surface area contributed by atoms with Crippen LogP contribution in [0.2, 0.25) is 0 Å². The van der Waals surface area contributed by atoms with Crippen LogP contribution in [0.4, 0.5) is 18.9 Å². The maximum atomic E-state index is 13.1. The third kappa shape index (κ3) is 3.48. The summed E-state index contributed by atoms with van der Waals surface area (Å²) in [5, 5.41) is 0. The van der Waals surface area contributed by atoms with Gasteiger partial charge in [0.15, 0.2) is 5.78 Å². The van der Waals surface area contributed by atoms with Crippen LogP contribution < -0.4 is 4.90 Å². The Balaban J connectivity index is 1.82. The number of hydrogen-bond acceptors (Lipinski definition) is 2. The third-order valence-electron chi connectivity index (χ3n) is 5.69. The number of ketones is 1. The lowest BCUT2D eigenvalue weighted by atomic mass is 9.76. The first-order chi connectivity index (χ1) is 13.8. The second-order valence-corrected chi connectivity index (χ2v) is 7.52. The zero-order valence-electron chi connectivity index (χ0n) is 15.9. The van der Waals surface area contributed by atoms with Crippen molar-refractivity contribution in [3.05, 3.63) is 76.5 Å². The van der Waals surface area contributed by atoms with Gasteiger partial charge in [0.1, 0.15) is 0 Å². The second-order valence-electron chi connectivity index (χ2n) is 7.52. The molecule has 0 spiro atoms. The van der Waals surface area contributed by atoms with Crippen molar-refractivity contribution in [3.8, 4) is 0 Å². The van der Waals surface area contributed by atoms with Gasteiger partial charge in [0.25, 0.3) is 0 Å². The van der Waals surface area contributed by atoms with Gasteiger partial charge in [0.2, 0.25) is 5.91 Å². The molecule has 0 aromatic heterocycles. The predicted molar refractivity (Wildman–Crippen MR) is 103 cm³/mol. The fraction of sp³-hybridized carbons (Fsp3) is 0.304. The lowest BCUT2D eigenvalue weighted by Crippen LogP contribution is -2.40. The lowest BCUT2D eigenvalue weighted by Gasteiger charge is -2.38. The van der Waals surface area contributed by atoms with E-state index in [1.54, 1.807) is 0 Å². The van der Waals surface area contributed by atoms with Crippen LogP contribution in [0.25, 0.3) is 0 Å². The maximum absolute atomic E-state index is 13.1. The maximum Gasteiger partial charge on any atom is 0.416 e. The van der Waals surface area contributed by atoms with Crippen LogP contribution in [0, 0.1) is 6.92 Å². The van der Waals surface area contributed by atoms with Gasteiger partial charge in [0, 0.05) is 35.7 Å². The molecular formula is C23H20F3NO2. The highest BCUT2D eigenvalue weighted by molar-refractivity contribution is 6.07. The first kappa shape index (κ1) is 19.4. The van der Waals surface area contributed by atoms with Crippen molar-refractivity contribution in [1.29, 1.82) is 0 Å². The van der Waals surface area contributed by atoms with E-state index in [1.165, 1.54) is 17.0 Å². The summed E-state index contributed by atoms with van der Waals surface area (Å²) in [6.07, 6.45) is -2.71. The quantitative estimate of drug-likeness (QED) is 0.665. The molecule has 1 heterocycles. The molecule has 0 unspecified atom stereocenters. The van der Waals surface area contributed by atoms with Crippen LogP contribution >= 0.6 is 0 Å². The Morgan fingerprint density at radius 3 is 2.31 bits per heavy atom. The van der Waals surface area contributed by atoms with Crippen LogP contribution in [0.1, 0.15) is 48.3 Å². The number of rotatable bonds is 2. The second kappa shape index (κ2) is 7.17. The van der Waals surface area contributed by atoms with Crippen molar-refractivity contribution in [1.82, 2.24) is 0 Å². The van der Waals surface area contributed by atoms with Crippen molar-refractivity contribution in [3.63, 3.8) is 0 Å². The first-order valence-corrected chi connectivity index (χ1v) is 9.59. The van der Waals surface area contributed by atoms with E-state index < -0.39 is 11.7 Å². The monoisotopic (exact) mass is 399 g/mol. The fourth-order valence-corrected chi connectivity index (χ4v) is 4.34. The summed E-state index contributed by atoms with van der Waals surface area (Å²) in [6.45, 7) is 1.95. The molecule has 1 amide bonds. The van der Waals surface area contributed by atoms with E-state index in [0.717, 1.165) is 23.3 Å². The zero-order valence-corrected chi connectivity index (χ0v) is 15.9. The summed E-state index contributed by atoms with van der Waals surface area (Å²) in [7, 11) is 0. The van der Waals surface area contributed by atoms with Crippen LogP contribution in [0.15, 0.2) is 59.8 Å². The number of nitrogens with zero attached hydrogens (tertiary/aromatic N) is 1. The minimum absolute atomic E-state index is 0.0175. The van der Waals surface area contributed by atoms with Gasteiger partial charge in [-0.05, 0) is 55.2 Å². The number of amides is 1. The summed E-state index contributed by atoms with van der Waals surface area (Å²) in [5.74, 6) is -0.493. The van der Waals surface area contributed by atoms with E-state index >= 15 is 0 Å². The number of allylic oxidation sites excluding steroid dienone is 2. The largest absolute Gasteiger partial charge is 0.416 e. The average Bonchev–Trinajstić information content (AvgIpc) is 2.67. The molecule has 6 heteroatoms. The molecule has 0 fully saturated rings. The molecule has 0 saturated carbocycles. The standard InChI is InChI=1S/C23H20F3NO2/c1-14-5-2-3-6-17(14)18-13-21(29)27(19-7-4-8-20(28)22(18)19)16-11-9-15(10-12-16)23(24,25)26/h2-3,5-6,9-12,18H,4,7-8,13H2,1H3/t18-/m1/s1. The number of anilines is 1. The molecule has 2 aromatic rings. The van der Waals surface area contributed by atoms with Crippen molar-refractivity contribution in [2.75, 3.05) is 4.90 Å². The molecule has 1 aliphatic carbocycles. The summed E-state index contributed by atoms with van der Waals surface area (Å²) in [6, 6.07) is 12.3. The zero-order chi connectivity index (χ0) is 20.8. The number of aryl methyl sites for hydroxylation is 1. The van der Waals surface area contributed by atoms with Crippen LogP contribution in [-0.2, 0) is 15.8 Å². The van der Waals surface area contributed by atoms with E-state index in [0.29, 0.717) is 36.2 Å². The number of carbonyl (C=O) groups excluding carboxylic acids is 2. The van der Waals surface area contributed by atoms with Crippen LogP contribution in [0.5, 0.6) is 0 Å². The minimum atomic E-state index is -4.44. The number of halogens is 3. The Kier molecular flexibility index (Phi) is 4.81. The number of carbonyl (C=O) groups is 2. The fourth-order valence-electron chi connectivity index (χ4n) is 4.34. The molecule has 0 saturated heterocycles. The SMILES string of the molecule is Cc1ccccc1[C@H]1CC(=O)N(c2ccc(C(F)(F)F)cc2)C2=C1C(=O)CCC2. The molecule has 2 aromatic carbocycles. The van der Waals surface area contributed by atoms with E-state index in [2.05, 4.69) is 0 Å². The molecule has 29 heavy (non-hydrogen) atoms. The topological polar surface area (TPSA) is 37.4 Å². The van der Waals surface area contributed by atoms with E-state index in [-0.39, 0.29) is 24.0 Å². The van der Waals surface area contributed by atoms with Gasteiger partial charge in [-0.1, -0.05) is 24.3 Å². The Morgan fingerprint density at radius 2 is 1.66 bits per heavy atom. The first-order valence-electron chi connectivity index (χ1n) is 9.59. The number of alkyl halides is 3. The van der Waals surface area contributed by atoms with Gasteiger partial charge in [-0.2, -0.15) is 13.2 Å². The third-order valence-corrected chi connectivity index (χ3v) is 5.69. The average molecular weight is 399 g/mol. The lowest BCUT2D eigenvalue weighted by molar-refractivity contribution is -0.137. The highest BCUT2D eigenvalue weighted by atomic mass is 19.4. The smallest absolute Gasteiger partial charge is 0.294 e. The van der Waals surface area contributed by atoms with E-state index in [1.807, 2.05) is 31.2 Å². The molecule has 0 bridgehead atoms. The molecule has 1 aliphatic heterocycles. The Morgan fingerprint density at radius 1 is 0.966 bits per heavy atom. The van der Waals surface area contributed by atoms with Gasteiger partial charge >= 0.3 is 6.18 Å². The summed E-state index contributed by atoms with van der Waals surface area (Å²) < 4.78 is 38.7. The van der Waals surface area contributed by atoms with Crippen molar-refractivity contribution < 1.29 is 22.8 Å². The molecule has 0 radical (unpaired) electrons. The van der Waals surface area contributed by atoms with Crippen molar-refractivity contribution in [2.45, 2.75) is 44.7 Å². The summed E-state index contributed by atoms with van der Waals surface area (Å²) in [5.41, 5.74) is 2.83. The van der Waals surface area contributed by atoms with Crippen molar-refractivity contribution in [2.24, 2.45) is 0 Å². The number of benzene rings is 2. The van der Waals surface area contributed by atoms with Gasteiger partial charge in [-0.3, -0.25) is 14.5 Å². The number of Topliss-reactive ketones (excluding diaryl/α,β-unsaturated/α-hetero) is 1. The van der Waals surface area contributed by atoms with E-state index in [4.69, 9.17) is 0 Å². The Labute approximate surface area is 166 Å². The van der Waals surface area contributed by atoms with E-state index in [9.17, 15) is 22.8 Å². The normalized spacial score (nSPS) is 20.1. The summed E-state index contributed by atoms with van der Waals surface area (Å²) >= 11 is 0. The van der Waals surface area contributed by atoms with Gasteiger partial charge < -0.3 is 0 Å². The van der Waals surface area contributed by atoms with Gasteiger partial charge in [-0.25, -0.2) is 0 Å². The van der Waals surface area contributed by atoms with Crippen LogP contribution in [0.3, 0.4) is 0 Å². The molecular weight excluding hydrogens is 379 g/mol. The predicted octanol–water partition coefficient (Wildman–Crippen LogP) is 5.54. The Hall–Kier alpha value is -2.89. The minimum Gasteiger partial charge on any atom is -0.294 e. The highest BCUT2D eigenvalue weighted by Gasteiger charge is 2.40. The molecule has 3 nitrogen and oxygen atoms in total. The molecule has 1 atom stereocenters. The molecule has 2 aliphatic rings. The van der Waals surface area contributed by atoms with Gasteiger partial charge in [0.05, 0.1) is 5.56 Å². The summed E-state index contributed by atoms with van der Waals surface area (Å²) in [4.78, 5) is 27.4.